The average molecular weight is 395 g/mol. The van der Waals surface area contributed by atoms with Crippen molar-refractivity contribution >= 4 is 17.2 Å². The van der Waals surface area contributed by atoms with Crippen LogP contribution in [0, 0.1) is 18.8 Å². The second-order valence-electron chi connectivity index (χ2n) is 9.03. The SMILES string of the molecule is Cc1cccc(CN2CC[C@H]3[C@@H](C2)[C@H](c2ccsc2)CN3C(=O)C2CCC2)c1. The average Bonchev–Trinajstić information content (AvgIpc) is 3.27. The molecule has 2 aliphatic heterocycles. The van der Waals surface area contributed by atoms with Gasteiger partial charge in [-0.25, -0.2) is 0 Å². The minimum Gasteiger partial charge on any atom is -0.338 e. The highest BCUT2D eigenvalue weighted by Crippen LogP contribution is 2.44. The highest BCUT2D eigenvalue weighted by Gasteiger charge is 2.48. The van der Waals surface area contributed by atoms with Crippen molar-refractivity contribution < 1.29 is 4.79 Å². The van der Waals surface area contributed by atoms with Gasteiger partial charge in [0.25, 0.3) is 0 Å². The second kappa shape index (κ2) is 7.64. The Morgan fingerprint density at radius 3 is 2.79 bits per heavy atom. The van der Waals surface area contributed by atoms with Crippen LogP contribution in [-0.4, -0.2) is 41.4 Å². The first-order chi connectivity index (χ1) is 13.7. The predicted molar refractivity (Wildman–Crippen MR) is 114 cm³/mol. The summed E-state index contributed by atoms with van der Waals surface area (Å²) in [7, 11) is 0. The number of piperidine rings is 1. The summed E-state index contributed by atoms with van der Waals surface area (Å²) in [5.74, 6) is 1.83. The van der Waals surface area contributed by atoms with Crippen molar-refractivity contribution in [2.75, 3.05) is 19.6 Å². The van der Waals surface area contributed by atoms with Crippen LogP contribution in [0.5, 0.6) is 0 Å². The standard InChI is InChI=1S/C24H30N2OS/c1-17-4-2-5-18(12-17)13-25-10-8-23-22(14-25)21(20-9-11-28-16-20)15-26(23)24(27)19-6-3-7-19/h2,4-5,9,11-12,16,19,21-23H,3,6-8,10,13-15H2,1H3/t21-,22-,23-/m0/s1. The molecule has 0 N–H and O–H groups in total. The minimum absolute atomic E-state index is 0.312. The number of hydrogen-bond donors (Lipinski definition) is 0. The maximum absolute atomic E-state index is 13.1. The Hall–Kier alpha value is -1.65. The molecule has 3 fully saturated rings. The van der Waals surface area contributed by atoms with E-state index in [4.69, 9.17) is 0 Å². The second-order valence-corrected chi connectivity index (χ2v) is 9.81. The van der Waals surface area contributed by atoms with Crippen molar-refractivity contribution in [3.05, 3.63) is 57.8 Å². The van der Waals surface area contributed by atoms with Crippen molar-refractivity contribution in [2.45, 2.75) is 51.1 Å². The van der Waals surface area contributed by atoms with E-state index < -0.39 is 0 Å². The maximum atomic E-state index is 13.1. The molecule has 5 rings (SSSR count). The third kappa shape index (κ3) is 3.42. The molecule has 1 amide bonds. The van der Waals surface area contributed by atoms with Crippen molar-refractivity contribution in [3.8, 4) is 0 Å². The monoisotopic (exact) mass is 394 g/mol. The highest BCUT2D eigenvalue weighted by molar-refractivity contribution is 7.08. The van der Waals surface area contributed by atoms with Gasteiger partial charge in [0.15, 0.2) is 0 Å². The topological polar surface area (TPSA) is 23.6 Å². The normalized spacial score (nSPS) is 28.2. The van der Waals surface area contributed by atoms with Gasteiger partial charge in [-0.15, -0.1) is 0 Å². The number of rotatable bonds is 4. The molecule has 2 saturated heterocycles. The zero-order valence-corrected chi connectivity index (χ0v) is 17.5. The van der Waals surface area contributed by atoms with E-state index >= 15 is 0 Å². The zero-order valence-electron chi connectivity index (χ0n) is 16.7. The lowest BCUT2D eigenvalue weighted by Gasteiger charge is -2.40. The van der Waals surface area contributed by atoms with Gasteiger partial charge in [0, 0.05) is 50.0 Å². The van der Waals surface area contributed by atoms with E-state index in [1.54, 1.807) is 11.3 Å². The lowest BCUT2D eigenvalue weighted by atomic mass is 9.82. The number of hydrogen-bond acceptors (Lipinski definition) is 3. The molecule has 1 aromatic carbocycles. The minimum atomic E-state index is 0.312. The number of amides is 1. The number of likely N-dealkylation sites (tertiary alicyclic amines) is 2. The first-order valence-corrected chi connectivity index (χ1v) is 11.7. The van der Waals surface area contributed by atoms with Crippen LogP contribution in [0.4, 0.5) is 0 Å². The van der Waals surface area contributed by atoms with Gasteiger partial charge in [-0.1, -0.05) is 36.2 Å². The van der Waals surface area contributed by atoms with E-state index in [-0.39, 0.29) is 0 Å². The summed E-state index contributed by atoms with van der Waals surface area (Å²) < 4.78 is 0. The molecule has 0 radical (unpaired) electrons. The van der Waals surface area contributed by atoms with E-state index in [1.807, 2.05) is 0 Å². The van der Waals surface area contributed by atoms with Crippen molar-refractivity contribution in [3.63, 3.8) is 0 Å². The van der Waals surface area contributed by atoms with Gasteiger partial charge in [0.1, 0.15) is 0 Å². The van der Waals surface area contributed by atoms with Gasteiger partial charge in [-0.05, 0) is 54.1 Å². The molecule has 3 aliphatic rings. The van der Waals surface area contributed by atoms with E-state index in [0.717, 1.165) is 45.4 Å². The van der Waals surface area contributed by atoms with Crippen LogP contribution in [-0.2, 0) is 11.3 Å². The van der Waals surface area contributed by atoms with Crippen molar-refractivity contribution in [2.24, 2.45) is 11.8 Å². The zero-order chi connectivity index (χ0) is 19.1. The highest BCUT2D eigenvalue weighted by atomic mass is 32.1. The molecular weight excluding hydrogens is 364 g/mol. The molecule has 0 unspecified atom stereocenters. The van der Waals surface area contributed by atoms with Gasteiger partial charge in [-0.3, -0.25) is 9.69 Å². The fraction of sp³-hybridized carbons (Fsp3) is 0.542. The van der Waals surface area contributed by atoms with Crippen LogP contribution in [0.15, 0.2) is 41.1 Å². The predicted octanol–water partition coefficient (Wildman–Crippen LogP) is 4.67. The largest absolute Gasteiger partial charge is 0.338 e. The Bertz CT molecular complexity index is 829. The van der Waals surface area contributed by atoms with Crippen molar-refractivity contribution in [1.82, 2.24) is 9.80 Å². The van der Waals surface area contributed by atoms with Gasteiger partial charge in [0.2, 0.25) is 5.91 Å². The Morgan fingerprint density at radius 2 is 2.07 bits per heavy atom. The van der Waals surface area contributed by atoms with E-state index in [0.29, 0.717) is 29.7 Å². The van der Waals surface area contributed by atoms with Crippen LogP contribution in [0.25, 0.3) is 0 Å². The summed E-state index contributed by atoms with van der Waals surface area (Å²) in [6, 6.07) is 11.6. The smallest absolute Gasteiger partial charge is 0.225 e. The molecule has 148 valence electrons. The molecule has 3 heterocycles. The number of benzene rings is 1. The Kier molecular flexibility index (Phi) is 5.02. The van der Waals surface area contributed by atoms with E-state index in [9.17, 15) is 4.79 Å². The maximum Gasteiger partial charge on any atom is 0.225 e. The summed E-state index contributed by atoms with van der Waals surface area (Å²) in [6.07, 6.45) is 4.57. The Balaban J connectivity index is 1.35. The molecule has 3 nitrogen and oxygen atoms in total. The quantitative estimate of drug-likeness (QED) is 0.752. The fourth-order valence-electron chi connectivity index (χ4n) is 5.50. The van der Waals surface area contributed by atoms with Crippen LogP contribution >= 0.6 is 11.3 Å². The number of fused-ring (bicyclic) bond motifs is 1. The number of nitrogens with zero attached hydrogens (tertiary/aromatic N) is 2. The molecule has 1 saturated carbocycles. The van der Waals surface area contributed by atoms with Crippen LogP contribution in [0.1, 0.15) is 48.3 Å². The van der Waals surface area contributed by atoms with Gasteiger partial charge >= 0.3 is 0 Å². The number of carbonyl (C=O) groups excluding carboxylic acids is 1. The Morgan fingerprint density at radius 1 is 1.18 bits per heavy atom. The molecule has 1 aliphatic carbocycles. The van der Waals surface area contributed by atoms with Crippen LogP contribution in [0.3, 0.4) is 0 Å². The molecular formula is C24H30N2OS. The van der Waals surface area contributed by atoms with E-state index in [1.165, 1.54) is 23.1 Å². The van der Waals surface area contributed by atoms with Crippen LogP contribution in [0.2, 0.25) is 0 Å². The lowest BCUT2D eigenvalue weighted by Crippen LogP contribution is -2.49. The van der Waals surface area contributed by atoms with E-state index in [2.05, 4.69) is 57.8 Å². The van der Waals surface area contributed by atoms with Crippen molar-refractivity contribution in [1.29, 1.82) is 0 Å². The summed E-state index contributed by atoms with van der Waals surface area (Å²) in [4.78, 5) is 18.0. The third-order valence-electron chi connectivity index (χ3n) is 7.21. The molecule has 2 aromatic rings. The molecule has 28 heavy (non-hydrogen) atoms. The summed E-state index contributed by atoms with van der Waals surface area (Å²) in [5.41, 5.74) is 4.19. The Labute approximate surface area is 172 Å². The fourth-order valence-corrected chi connectivity index (χ4v) is 6.22. The molecule has 0 spiro atoms. The summed E-state index contributed by atoms with van der Waals surface area (Å²) in [5, 5.41) is 4.49. The molecule has 3 atom stereocenters. The third-order valence-corrected chi connectivity index (χ3v) is 7.91. The van der Waals surface area contributed by atoms with Gasteiger partial charge in [-0.2, -0.15) is 11.3 Å². The molecule has 4 heteroatoms. The first-order valence-electron chi connectivity index (χ1n) is 10.8. The summed E-state index contributed by atoms with van der Waals surface area (Å²) >= 11 is 1.79. The number of carbonyl (C=O) groups is 1. The molecule has 1 aromatic heterocycles. The van der Waals surface area contributed by atoms with Gasteiger partial charge < -0.3 is 4.90 Å². The molecule has 0 bridgehead atoms. The van der Waals surface area contributed by atoms with Crippen LogP contribution < -0.4 is 0 Å². The lowest BCUT2D eigenvalue weighted by molar-refractivity contribution is -0.140. The van der Waals surface area contributed by atoms with Gasteiger partial charge in [0.05, 0.1) is 0 Å². The summed E-state index contributed by atoms with van der Waals surface area (Å²) in [6.45, 7) is 6.33. The first kappa shape index (κ1) is 18.4. The number of thiophene rings is 1. The number of aryl methyl sites for hydroxylation is 1.